The molecule has 144 valence electrons. The van der Waals surface area contributed by atoms with Gasteiger partial charge in [0.1, 0.15) is 6.33 Å². The molecule has 0 saturated heterocycles. The lowest BCUT2D eigenvalue weighted by Gasteiger charge is -2.56. The molecule has 26 heavy (non-hydrogen) atoms. The maximum Gasteiger partial charge on any atom is 0.221 e. The highest BCUT2D eigenvalue weighted by Gasteiger charge is 2.51. The minimum absolute atomic E-state index is 0.110. The summed E-state index contributed by atoms with van der Waals surface area (Å²) in [6, 6.07) is -0.110. The van der Waals surface area contributed by atoms with Gasteiger partial charge in [-0.2, -0.15) is 0 Å². The van der Waals surface area contributed by atoms with E-state index in [1.807, 2.05) is 11.5 Å². The average molecular weight is 361 g/mol. The van der Waals surface area contributed by atoms with Crippen LogP contribution in [-0.4, -0.2) is 34.4 Å². The van der Waals surface area contributed by atoms with Crippen LogP contribution in [0.15, 0.2) is 6.33 Å². The van der Waals surface area contributed by atoms with Crippen molar-refractivity contribution in [3.63, 3.8) is 0 Å². The summed E-state index contributed by atoms with van der Waals surface area (Å²) in [5, 5.41) is 11.5. The van der Waals surface area contributed by atoms with Gasteiger partial charge in [-0.05, 0) is 75.0 Å². The van der Waals surface area contributed by atoms with Crippen LogP contribution in [0, 0.1) is 23.2 Å². The number of aryl methyl sites for hydroxylation is 1. The maximum absolute atomic E-state index is 12.8. The number of nitrogens with zero attached hydrogens (tertiary/aromatic N) is 3. The number of rotatable bonds is 8. The van der Waals surface area contributed by atoms with Crippen LogP contribution in [0.2, 0.25) is 0 Å². The fourth-order valence-corrected chi connectivity index (χ4v) is 6.35. The number of hydrogen-bond donors (Lipinski definition) is 1. The van der Waals surface area contributed by atoms with Crippen LogP contribution >= 0.6 is 0 Å². The van der Waals surface area contributed by atoms with Crippen molar-refractivity contribution in [2.24, 2.45) is 23.2 Å². The first-order valence-electron chi connectivity index (χ1n) is 10.2. The Morgan fingerprint density at radius 1 is 1.31 bits per heavy atom. The van der Waals surface area contributed by atoms with E-state index in [1.54, 1.807) is 13.4 Å². The Hall–Kier alpha value is -1.43. The zero-order chi connectivity index (χ0) is 18.1. The Morgan fingerprint density at radius 3 is 2.58 bits per heavy atom. The summed E-state index contributed by atoms with van der Waals surface area (Å²) in [7, 11) is 1.71. The zero-order valence-electron chi connectivity index (χ0n) is 16.1. The molecule has 1 atom stereocenters. The average Bonchev–Trinajstić information content (AvgIpc) is 3.01. The molecule has 1 amide bonds. The molecule has 0 radical (unpaired) electrons. The molecular weight excluding hydrogens is 328 g/mol. The van der Waals surface area contributed by atoms with Crippen molar-refractivity contribution < 1.29 is 9.53 Å². The number of carbonyl (C=O) groups is 1. The van der Waals surface area contributed by atoms with Gasteiger partial charge in [0, 0.05) is 26.7 Å². The van der Waals surface area contributed by atoms with Gasteiger partial charge in [-0.1, -0.05) is 0 Å². The van der Waals surface area contributed by atoms with Gasteiger partial charge >= 0.3 is 0 Å². The number of hydrogen-bond acceptors (Lipinski definition) is 4. The minimum atomic E-state index is -0.110. The van der Waals surface area contributed by atoms with Crippen molar-refractivity contribution in [2.45, 2.75) is 70.9 Å². The Bertz CT molecular complexity index is 606. The molecule has 1 heterocycles. The minimum Gasteiger partial charge on any atom is -0.385 e. The lowest BCUT2D eigenvalue weighted by atomic mass is 9.49. The number of nitrogens with one attached hydrogen (secondary N) is 1. The highest BCUT2D eigenvalue weighted by molar-refractivity contribution is 5.77. The van der Waals surface area contributed by atoms with Crippen molar-refractivity contribution in [3.05, 3.63) is 12.2 Å². The van der Waals surface area contributed by atoms with Crippen LogP contribution in [0.3, 0.4) is 0 Å². The van der Waals surface area contributed by atoms with Crippen LogP contribution in [0.4, 0.5) is 0 Å². The molecule has 0 spiro atoms. The number of carbonyl (C=O) groups excluding carboxylic acids is 1. The molecule has 1 N–H and O–H groups in total. The summed E-state index contributed by atoms with van der Waals surface area (Å²) in [5.41, 5.74) is 0.282. The fourth-order valence-electron chi connectivity index (χ4n) is 6.35. The predicted molar refractivity (Wildman–Crippen MR) is 98.3 cm³/mol. The van der Waals surface area contributed by atoms with Crippen LogP contribution < -0.4 is 5.32 Å². The molecule has 0 aromatic carbocycles. The van der Waals surface area contributed by atoms with Gasteiger partial charge in [0.25, 0.3) is 0 Å². The number of aromatic nitrogens is 3. The number of amides is 1. The van der Waals surface area contributed by atoms with Crippen molar-refractivity contribution in [1.82, 2.24) is 20.1 Å². The van der Waals surface area contributed by atoms with E-state index in [9.17, 15) is 4.79 Å². The van der Waals surface area contributed by atoms with E-state index in [-0.39, 0.29) is 17.4 Å². The molecule has 4 fully saturated rings. The molecule has 5 rings (SSSR count). The molecule has 4 aliphatic carbocycles. The predicted octanol–water partition coefficient (Wildman–Crippen LogP) is 3.10. The van der Waals surface area contributed by atoms with E-state index >= 15 is 0 Å². The summed E-state index contributed by atoms with van der Waals surface area (Å²) < 4.78 is 7.14. The zero-order valence-corrected chi connectivity index (χ0v) is 16.1. The topological polar surface area (TPSA) is 69.0 Å². The van der Waals surface area contributed by atoms with Gasteiger partial charge in [-0.3, -0.25) is 4.79 Å². The van der Waals surface area contributed by atoms with E-state index in [4.69, 9.17) is 4.74 Å². The smallest absolute Gasteiger partial charge is 0.221 e. The Balaban J connectivity index is 1.34. The van der Waals surface area contributed by atoms with E-state index in [1.165, 1.54) is 38.5 Å². The van der Waals surface area contributed by atoms with Crippen LogP contribution in [-0.2, 0) is 16.1 Å². The summed E-state index contributed by atoms with van der Waals surface area (Å²) >= 11 is 0. The Labute approximate surface area is 156 Å². The van der Waals surface area contributed by atoms with Gasteiger partial charge in [-0.15, -0.1) is 10.2 Å². The fraction of sp³-hybridized carbons (Fsp3) is 0.850. The monoisotopic (exact) mass is 360 g/mol. The normalized spacial score (nSPS) is 33.4. The molecular formula is C20H32N4O2. The van der Waals surface area contributed by atoms with E-state index < -0.39 is 0 Å². The lowest BCUT2D eigenvalue weighted by Crippen LogP contribution is -2.48. The van der Waals surface area contributed by atoms with Gasteiger partial charge in [-0.25, -0.2) is 0 Å². The highest BCUT2D eigenvalue weighted by Crippen LogP contribution is 2.61. The van der Waals surface area contributed by atoms with Crippen LogP contribution in [0.1, 0.15) is 70.2 Å². The Kier molecular flexibility index (Phi) is 5.04. The molecule has 1 aromatic heterocycles. The summed E-state index contributed by atoms with van der Waals surface area (Å²) in [6.45, 7) is 3.53. The summed E-state index contributed by atoms with van der Waals surface area (Å²) in [5.74, 6) is 3.67. The molecule has 1 aromatic rings. The largest absolute Gasteiger partial charge is 0.385 e. The molecule has 4 aliphatic rings. The second kappa shape index (κ2) is 7.29. The molecule has 0 unspecified atom stereocenters. The van der Waals surface area contributed by atoms with Crippen molar-refractivity contribution in [3.8, 4) is 0 Å². The quantitative estimate of drug-likeness (QED) is 0.723. The van der Waals surface area contributed by atoms with E-state index in [0.29, 0.717) is 13.0 Å². The first-order chi connectivity index (χ1) is 12.6. The molecule has 4 bridgehead atoms. The van der Waals surface area contributed by atoms with Crippen LogP contribution in [0.25, 0.3) is 0 Å². The summed E-state index contributed by atoms with van der Waals surface area (Å²) in [4.78, 5) is 12.8. The highest BCUT2D eigenvalue weighted by atomic mass is 16.5. The summed E-state index contributed by atoms with van der Waals surface area (Å²) in [6.07, 6.45) is 11.4. The number of methoxy groups -OCH3 is 1. The maximum atomic E-state index is 12.8. The SMILES string of the molecule is COCCCn1cnnc1[C@H](C)NC(=O)CC12CC3CC(CC(C3)C1)C2. The Morgan fingerprint density at radius 2 is 1.96 bits per heavy atom. The molecule has 6 nitrogen and oxygen atoms in total. The molecule has 6 heteroatoms. The molecule has 0 aliphatic heterocycles. The standard InChI is InChI=1S/C20H32N4O2/c1-14(19-23-21-13-24(19)4-3-5-26-2)22-18(25)12-20-9-15-6-16(10-20)8-17(7-15)11-20/h13-17H,3-12H2,1-2H3,(H,22,25)/t14-,15?,16?,17?,20?/m0/s1. The van der Waals surface area contributed by atoms with Crippen LogP contribution in [0.5, 0.6) is 0 Å². The van der Waals surface area contributed by atoms with Gasteiger partial charge in [0.05, 0.1) is 6.04 Å². The lowest BCUT2D eigenvalue weighted by molar-refractivity contribution is -0.130. The first kappa shape index (κ1) is 18.0. The van der Waals surface area contributed by atoms with E-state index in [2.05, 4.69) is 15.5 Å². The number of ether oxygens (including phenoxy) is 1. The first-order valence-corrected chi connectivity index (χ1v) is 10.2. The third kappa shape index (κ3) is 3.66. The van der Waals surface area contributed by atoms with Gasteiger partial charge in [0.15, 0.2) is 5.82 Å². The van der Waals surface area contributed by atoms with Crippen molar-refractivity contribution >= 4 is 5.91 Å². The van der Waals surface area contributed by atoms with Crippen molar-refractivity contribution in [2.75, 3.05) is 13.7 Å². The second-order valence-electron chi connectivity index (χ2n) is 9.11. The van der Waals surface area contributed by atoms with Gasteiger partial charge < -0.3 is 14.6 Å². The van der Waals surface area contributed by atoms with E-state index in [0.717, 1.165) is 36.5 Å². The van der Waals surface area contributed by atoms with Crippen molar-refractivity contribution in [1.29, 1.82) is 0 Å². The van der Waals surface area contributed by atoms with Gasteiger partial charge in [0.2, 0.25) is 5.91 Å². The molecule has 4 saturated carbocycles. The second-order valence-corrected chi connectivity index (χ2v) is 9.11. The third-order valence-electron chi connectivity index (χ3n) is 6.86. The third-order valence-corrected chi connectivity index (χ3v) is 6.86.